The van der Waals surface area contributed by atoms with E-state index in [0.29, 0.717) is 29.5 Å². The van der Waals surface area contributed by atoms with Gasteiger partial charge in [-0.05, 0) is 51.1 Å². The molecule has 1 atom stereocenters. The molecule has 1 aliphatic heterocycles. The lowest BCUT2D eigenvalue weighted by Gasteiger charge is -2.32. The third-order valence-corrected chi connectivity index (χ3v) is 7.02. The van der Waals surface area contributed by atoms with Gasteiger partial charge in [-0.1, -0.05) is 12.1 Å². The molecule has 0 saturated carbocycles. The highest BCUT2D eigenvalue weighted by Crippen LogP contribution is 2.36. The molecule has 4 aromatic rings. The van der Waals surface area contributed by atoms with Crippen LogP contribution in [0.3, 0.4) is 0 Å². The summed E-state index contributed by atoms with van der Waals surface area (Å²) >= 11 is 0. The molecule has 5 rings (SSSR count). The van der Waals surface area contributed by atoms with E-state index in [1.54, 1.807) is 48.3 Å². The number of nitrogens with zero attached hydrogens (tertiary/aromatic N) is 4. The van der Waals surface area contributed by atoms with E-state index in [1.165, 1.54) is 11.0 Å². The Kier molecular flexibility index (Phi) is 6.33. The summed E-state index contributed by atoms with van der Waals surface area (Å²) in [4.78, 5) is 63.2. The van der Waals surface area contributed by atoms with Crippen LogP contribution in [0.2, 0.25) is 0 Å². The van der Waals surface area contributed by atoms with E-state index < -0.39 is 28.2 Å². The minimum absolute atomic E-state index is 0.0391. The van der Waals surface area contributed by atoms with Gasteiger partial charge >= 0.3 is 11.8 Å². The average molecular weight is 533 g/mol. The lowest BCUT2D eigenvalue weighted by Crippen LogP contribution is -2.44. The third-order valence-electron chi connectivity index (χ3n) is 7.02. The molecule has 0 spiro atoms. The topological polar surface area (TPSA) is 155 Å². The number of carbonyl (C=O) groups is 2. The highest BCUT2D eigenvalue weighted by atomic mass is 16.6. The third kappa shape index (κ3) is 4.80. The van der Waals surface area contributed by atoms with E-state index in [9.17, 15) is 24.5 Å². The predicted molar refractivity (Wildman–Crippen MR) is 145 cm³/mol. The van der Waals surface area contributed by atoms with Crippen molar-refractivity contribution in [2.75, 3.05) is 20.1 Å². The van der Waals surface area contributed by atoms with E-state index in [1.807, 2.05) is 20.8 Å². The van der Waals surface area contributed by atoms with Crippen molar-refractivity contribution in [1.82, 2.24) is 24.8 Å². The van der Waals surface area contributed by atoms with Crippen LogP contribution in [0.5, 0.6) is 0 Å². The van der Waals surface area contributed by atoms with Crippen LogP contribution in [-0.2, 0) is 4.74 Å². The molecule has 2 aromatic heterocycles. The van der Waals surface area contributed by atoms with Crippen LogP contribution in [0.15, 0.2) is 47.3 Å². The zero-order valence-corrected chi connectivity index (χ0v) is 22.0. The van der Waals surface area contributed by atoms with Gasteiger partial charge in [-0.3, -0.25) is 19.7 Å². The molecule has 1 unspecified atom stereocenters. The number of carbonyl (C=O) groups excluding carboxylic acids is 2. The Morgan fingerprint density at radius 1 is 1.15 bits per heavy atom. The number of nitro groups is 1. The Morgan fingerprint density at radius 2 is 1.90 bits per heavy atom. The van der Waals surface area contributed by atoms with Crippen LogP contribution in [0, 0.1) is 10.1 Å². The van der Waals surface area contributed by atoms with Crippen LogP contribution < -0.4 is 5.56 Å². The number of likely N-dealkylation sites (tertiary alicyclic amines) is 1. The van der Waals surface area contributed by atoms with Gasteiger partial charge in [0.25, 0.3) is 11.5 Å². The van der Waals surface area contributed by atoms with E-state index in [-0.39, 0.29) is 40.5 Å². The zero-order valence-electron chi connectivity index (χ0n) is 22.0. The predicted octanol–water partition coefficient (Wildman–Crippen LogP) is 4.06. The summed E-state index contributed by atoms with van der Waals surface area (Å²) < 4.78 is 5.59. The second-order valence-electron chi connectivity index (χ2n) is 10.6. The minimum Gasteiger partial charge on any atom is -0.444 e. The second kappa shape index (κ2) is 9.53. The van der Waals surface area contributed by atoms with Gasteiger partial charge in [0.05, 0.1) is 33.4 Å². The minimum atomic E-state index is -0.588. The number of hydrogen-bond acceptors (Lipinski definition) is 7. The molecule has 2 N–H and O–H groups in total. The van der Waals surface area contributed by atoms with Crippen molar-refractivity contribution >= 4 is 39.6 Å². The molecule has 3 heterocycles. The number of rotatable bonds is 4. The second-order valence-corrected chi connectivity index (χ2v) is 10.6. The maximum absolute atomic E-state index is 13.3. The first-order chi connectivity index (χ1) is 18.4. The molecule has 12 heteroatoms. The SMILES string of the molecule is CN(C(=O)OC1CCN(C(=O)c2ccc3[nH]c(-c4nc5ccccc5[nH]c4=O)c([N+](=O)[O-])c3c2)C1)C(C)(C)C. The summed E-state index contributed by atoms with van der Waals surface area (Å²) in [6.45, 7) is 6.29. The number of para-hydroxylation sites is 2. The Balaban J connectivity index is 1.43. The molecule has 1 fully saturated rings. The number of ether oxygens (including phenoxy) is 1. The van der Waals surface area contributed by atoms with Crippen molar-refractivity contribution in [1.29, 1.82) is 0 Å². The number of fused-ring (bicyclic) bond motifs is 2. The number of aromatic nitrogens is 3. The maximum atomic E-state index is 13.3. The fourth-order valence-corrected chi connectivity index (χ4v) is 4.56. The summed E-state index contributed by atoms with van der Waals surface area (Å²) in [7, 11) is 1.66. The number of nitrogens with one attached hydrogen (secondary N) is 2. The molecular formula is C27H28N6O6. The standard InChI is InChI=1S/C27H28N6O6/c1-27(2,3)31(4)26(36)39-16-11-12-32(14-16)25(35)15-9-10-18-17(13-15)23(33(37)38)21(28-18)22-24(34)30-20-8-6-5-7-19(20)29-22/h5-10,13,16,28H,11-12,14H2,1-4H3,(H,30,34). The molecule has 1 aliphatic rings. The molecule has 39 heavy (non-hydrogen) atoms. The van der Waals surface area contributed by atoms with E-state index in [0.717, 1.165) is 0 Å². The zero-order chi connectivity index (χ0) is 28.1. The van der Waals surface area contributed by atoms with Gasteiger partial charge in [0.15, 0.2) is 5.69 Å². The van der Waals surface area contributed by atoms with Crippen LogP contribution >= 0.6 is 0 Å². The van der Waals surface area contributed by atoms with E-state index >= 15 is 0 Å². The summed E-state index contributed by atoms with van der Waals surface area (Å²) in [5, 5.41) is 12.3. The lowest BCUT2D eigenvalue weighted by molar-refractivity contribution is -0.382. The molecule has 0 radical (unpaired) electrons. The fraction of sp³-hybridized carbons (Fsp3) is 0.333. The molecule has 2 aromatic carbocycles. The van der Waals surface area contributed by atoms with Gasteiger partial charge in [-0.15, -0.1) is 0 Å². The number of benzene rings is 2. The Labute approximate surface area is 222 Å². The average Bonchev–Trinajstić information content (AvgIpc) is 3.51. The van der Waals surface area contributed by atoms with Gasteiger partial charge < -0.3 is 24.5 Å². The Hall–Kier alpha value is -4.74. The van der Waals surface area contributed by atoms with Gasteiger partial charge in [0.1, 0.15) is 11.8 Å². The van der Waals surface area contributed by atoms with Crippen LogP contribution in [0.1, 0.15) is 37.6 Å². The molecule has 12 nitrogen and oxygen atoms in total. The molecule has 0 bridgehead atoms. The number of H-pyrrole nitrogens is 2. The number of hydrogen-bond donors (Lipinski definition) is 2. The van der Waals surface area contributed by atoms with Crippen LogP contribution in [0.4, 0.5) is 10.5 Å². The van der Waals surface area contributed by atoms with Gasteiger partial charge in [-0.25, -0.2) is 9.78 Å². The molecule has 0 aliphatic carbocycles. The van der Waals surface area contributed by atoms with Crippen molar-refractivity contribution in [2.24, 2.45) is 0 Å². The largest absolute Gasteiger partial charge is 0.444 e. The van der Waals surface area contributed by atoms with Crippen molar-refractivity contribution in [2.45, 2.75) is 38.8 Å². The normalized spacial score (nSPS) is 15.6. The van der Waals surface area contributed by atoms with Crippen LogP contribution in [0.25, 0.3) is 33.3 Å². The molecule has 1 saturated heterocycles. The number of aromatic amines is 2. The summed E-state index contributed by atoms with van der Waals surface area (Å²) in [6.07, 6.45) is -0.424. The summed E-state index contributed by atoms with van der Waals surface area (Å²) in [5.74, 6) is -0.335. The van der Waals surface area contributed by atoms with Gasteiger partial charge in [-0.2, -0.15) is 0 Å². The number of amides is 2. The van der Waals surface area contributed by atoms with Crippen molar-refractivity contribution in [3.63, 3.8) is 0 Å². The summed E-state index contributed by atoms with van der Waals surface area (Å²) in [6, 6.07) is 11.5. The fourth-order valence-electron chi connectivity index (χ4n) is 4.56. The van der Waals surface area contributed by atoms with Gasteiger partial charge in [0.2, 0.25) is 0 Å². The van der Waals surface area contributed by atoms with E-state index in [2.05, 4.69) is 15.0 Å². The molecule has 202 valence electrons. The first-order valence-electron chi connectivity index (χ1n) is 12.5. The first kappa shape index (κ1) is 25.9. The highest BCUT2D eigenvalue weighted by molar-refractivity contribution is 6.03. The lowest BCUT2D eigenvalue weighted by atomic mass is 10.1. The molecular weight excluding hydrogens is 504 g/mol. The smallest absolute Gasteiger partial charge is 0.410 e. The van der Waals surface area contributed by atoms with Crippen molar-refractivity contribution < 1.29 is 19.2 Å². The Bertz CT molecular complexity index is 1680. The van der Waals surface area contributed by atoms with E-state index in [4.69, 9.17) is 4.74 Å². The van der Waals surface area contributed by atoms with Crippen molar-refractivity contribution in [3.8, 4) is 11.4 Å². The maximum Gasteiger partial charge on any atom is 0.410 e. The van der Waals surface area contributed by atoms with Gasteiger partial charge in [0, 0.05) is 31.1 Å². The van der Waals surface area contributed by atoms with Crippen molar-refractivity contribution in [3.05, 3.63) is 68.5 Å². The first-order valence-corrected chi connectivity index (χ1v) is 12.5. The quantitative estimate of drug-likeness (QED) is 0.297. The molecule has 2 amide bonds. The van der Waals surface area contributed by atoms with Crippen LogP contribution in [-0.4, -0.2) is 73.5 Å². The Morgan fingerprint density at radius 3 is 2.62 bits per heavy atom. The monoisotopic (exact) mass is 532 g/mol. The highest BCUT2D eigenvalue weighted by Gasteiger charge is 2.33. The summed E-state index contributed by atoms with van der Waals surface area (Å²) in [5.41, 5.74) is 0.151.